The first-order valence-electron chi connectivity index (χ1n) is 11.2. The van der Waals surface area contributed by atoms with Gasteiger partial charge in [0.05, 0.1) is 21.3 Å². The van der Waals surface area contributed by atoms with Crippen LogP contribution in [-0.4, -0.2) is 70.0 Å². The first-order valence-corrected chi connectivity index (χ1v) is 11.2. The van der Waals surface area contributed by atoms with E-state index >= 15 is 0 Å². The van der Waals surface area contributed by atoms with E-state index in [0.717, 1.165) is 55.4 Å². The molecule has 2 aromatic rings. The summed E-state index contributed by atoms with van der Waals surface area (Å²) in [4.78, 5) is 19.8. The molecular formula is C24H32N2O5. The lowest BCUT2D eigenvalue weighted by Crippen LogP contribution is -2.67. The number of hydrogen-bond acceptors (Lipinski definition) is 6. The van der Waals surface area contributed by atoms with Gasteiger partial charge in [0.25, 0.3) is 0 Å². The number of ether oxygens (including phenoxy) is 4. The van der Waals surface area contributed by atoms with E-state index in [-0.39, 0.29) is 12.0 Å². The molecule has 0 spiro atoms. The number of fused-ring (bicyclic) bond motifs is 4. The van der Waals surface area contributed by atoms with Gasteiger partial charge in [-0.15, -0.1) is 0 Å². The van der Waals surface area contributed by atoms with Gasteiger partial charge in [0.1, 0.15) is 5.41 Å². The van der Waals surface area contributed by atoms with Crippen molar-refractivity contribution in [2.75, 3.05) is 48.1 Å². The summed E-state index contributed by atoms with van der Waals surface area (Å²) >= 11 is 0. The molecule has 3 aliphatic heterocycles. The summed E-state index contributed by atoms with van der Waals surface area (Å²) in [6.07, 6.45) is 3.84. The number of hydrogen-bond donors (Lipinski definition) is 1. The summed E-state index contributed by atoms with van der Waals surface area (Å²) in [5, 5.41) is 1.11. The highest BCUT2D eigenvalue weighted by molar-refractivity contribution is 5.93. The maximum absolute atomic E-state index is 13.6. The van der Waals surface area contributed by atoms with Crippen molar-refractivity contribution < 1.29 is 23.7 Å². The number of piperidine rings is 2. The third kappa shape index (κ3) is 2.89. The lowest BCUT2D eigenvalue weighted by atomic mass is 9.56. The average molecular weight is 429 g/mol. The van der Waals surface area contributed by atoms with Gasteiger partial charge in [0.15, 0.2) is 11.5 Å². The van der Waals surface area contributed by atoms with Crippen LogP contribution in [-0.2, 0) is 26.1 Å². The number of carbonyl (C=O) groups excluding carboxylic acids is 1. The molecule has 0 amide bonds. The number of carbonyl (C=O) groups is 1. The Kier molecular flexibility index (Phi) is 5.13. The van der Waals surface area contributed by atoms with Gasteiger partial charge >= 0.3 is 5.97 Å². The summed E-state index contributed by atoms with van der Waals surface area (Å²) in [6, 6.07) is 4.15. The van der Waals surface area contributed by atoms with Crippen molar-refractivity contribution in [1.82, 2.24) is 9.88 Å². The lowest BCUT2D eigenvalue weighted by Gasteiger charge is -2.58. The highest BCUT2D eigenvalue weighted by atomic mass is 16.5. The van der Waals surface area contributed by atoms with E-state index in [1.165, 1.54) is 12.7 Å². The van der Waals surface area contributed by atoms with E-state index in [4.69, 9.17) is 18.9 Å². The van der Waals surface area contributed by atoms with Gasteiger partial charge in [0.2, 0.25) is 0 Å². The van der Waals surface area contributed by atoms with Gasteiger partial charge in [-0.3, -0.25) is 9.69 Å². The molecule has 1 aromatic carbocycles. The van der Waals surface area contributed by atoms with Crippen LogP contribution in [0.1, 0.15) is 30.5 Å². The van der Waals surface area contributed by atoms with E-state index in [9.17, 15) is 4.79 Å². The molecule has 5 atom stereocenters. The summed E-state index contributed by atoms with van der Waals surface area (Å²) in [7, 11) is 6.57. The predicted molar refractivity (Wildman–Crippen MR) is 117 cm³/mol. The fraction of sp³-hybridized carbons (Fsp3) is 0.625. The highest BCUT2D eigenvalue weighted by Crippen LogP contribution is 2.55. The highest BCUT2D eigenvalue weighted by Gasteiger charge is 2.62. The average Bonchev–Trinajstić information content (AvgIpc) is 3.12. The van der Waals surface area contributed by atoms with Crippen LogP contribution in [0.3, 0.4) is 0 Å². The van der Waals surface area contributed by atoms with Gasteiger partial charge in [0, 0.05) is 55.5 Å². The van der Waals surface area contributed by atoms with E-state index in [1.54, 1.807) is 21.3 Å². The molecule has 4 bridgehead atoms. The largest absolute Gasteiger partial charge is 0.493 e. The summed E-state index contributed by atoms with van der Waals surface area (Å²) in [5.74, 6) is 2.16. The van der Waals surface area contributed by atoms with Crippen molar-refractivity contribution in [3.05, 3.63) is 23.4 Å². The Labute approximate surface area is 183 Å². The number of nitrogens with zero attached hydrogens (tertiary/aromatic N) is 1. The molecule has 31 heavy (non-hydrogen) atoms. The first-order chi connectivity index (χ1) is 15.1. The predicted octanol–water partition coefficient (Wildman–Crippen LogP) is 2.90. The lowest BCUT2D eigenvalue weighted by molar-refractivity contribution is -0.162. The van der Waals surface area contributed by atoms with E-state index in [0.29, 0.717) is 29.9 Å². The van der Waals surface area contributed by atoms with Crippen LogP contribution in [0.2, 0.25) is 0 Å². The number of benzene rings is 1. The molecular weight excluding hydrogens is 396 g/mol. The molecule has 5 unspecified atom stereocenters. The molecule has 4 aliphatic rings. The van der Waals surface area contributed by atoms with Gasteiger partial charge in [-0.05, 0) is 49.1 Å². The van der Waals surface area contributed by atoms with Crippen LogP contribution >= 0.6 is 0 Å². The van der Waals surface area contributed by atoms with Crippen LogP contribution in [0.5, 0.6) is 11.5 Å². The fourth-order valence-electron chi connectivity index (χ4n) is 6.80. The van der Waals surface area contributed by atoms with Crippen LogP contribution in [0.15, 0.2) is 12.1 Å². The molecule has 3 fully saturated rings. The van der Waals surface area contributed by atoms with Crippen LogP contribution in [0.25, 0.3) is 10.9 Å². The molecule has 7 nitrogen and oxygen atoms in total. The van der Waals surface area contributed by atoms with Gasteiger partial charge < -0.3 is 23.9 Å². The topological polar surface area (TPSA) is 73.0 Å². The zero-order valence-corrected chi connectivity index (χ0v) is 18.8. The monoisotopic (exact) mass is 428 g/mol. The van der Waals surface area contributed by atoms with Crippen LogP contribution in [0.4, 0.5) is 0 Å². The Hall–Kier alpha value is -2.25. The molecule has 1 aromatic heterocycles. The number of H-pyrrole nitrogens is 1. The van der Waals surface area contributed by atoms with Crippen molar-refractivity contribution in [3.63, 3.8) is 0 Å². The normalized spacial score (nSPS) is 31.2. The van der Waals surface area contributed by atoms with Crippen LogP contribution in [0, 0.1) is 11.8 Å². The number of aromatic amines is 1. The number of rotatable bonds is 6. The van der Waals surface area contributed by atoms with Crippen molar-refractivity contribution in [2.24, 2.45) is 11.8 Å². The summed E-state index contributed by atoms with van der Waals surface area (Å²) in [6.45, 7) is 2.72. The number of esters is 1. The van der Waals surface area contributed by atoms with E-state index < -0.39 is 5.41 Å². The Balaban J connectivity index is 1.73. The molecule has 1 saturated carbocycles. The fourth-order valence-corrected chi connectivity index (χ4v) is 6.80. The van der Waals surface area contributed by atoms with Crippen molar-refractivity contribution >= 4 is 16.9 Å². The molecule has 0 radical (unpaired) electrons. The molecule has 1 aliphatic carbocycles. The van der Waals surface area contributed by atoms with Crippen molar-refractivity contribution in [3.8, 4) is 11.5 Å². The third-order valence-electron chi connectivity index (χ3n) is 7.83. The Morgan fingerprint density at radius 1 is 1.19 bits per heavy atom. The molecule has 6 rings (SSSR count). The third-order valence-corrected chi connectivity index (χ3v) is 7.83. The van der Waals surface area contributed by atoms with Gasteiger partial charge in [-0.2, -0.15) is 0 Å². The van der Waals surface area contributed by atoms with Gasteiger partial charge in [-0.25, -0.2) is 0 Å². The second-order valence-electron chi connectivity index (χ2n) is 9.23. The Morgan fingerprint density at radius 2 is 1.97 bits per heavy atom. The minimum Gasteiger partial charge on any atom is -0.493 e. The van der Waals surface area contributed by atoms with E-state index in [2.05, 4.69) is 9.88 Å². The molecule has 4 heterocycles. The first kappa shape index (κ1) is 20.6. The maximum atomic E-state index is 13.6. The van der Waals surface area contributed by atoms with Crippen molar-refractivity contribution in [1.29, 1.82) is 0 Å². The van der Waals surface area contributed by atoms with E-state index in [1.807, 2.05) is 12.1 Å². The minimum atomic E-state index is -0.681. The Morgan fingerprint density at radius 3 is 2.68 bits per heavy atom. The standard InChI is InChI=1S/C24H32N2O5/c1-28-8-6-15-9-14-12-24(23(27)31-4)21-16(5-7-26(13-14)22(15)24)17-10-19(29-2)20(30-3)11-18(17)25-21/h10-11,14-15,22,25H,5-9,12-13H2,1-4H3. The molecule has 2 saturated heterocycles. The molecule has 1 N–H and O–H groups in total. The SMILES string of the molecule is COCCC1CC2CN3CCc4c([nH]c5cc(OC)c(OC)cc45)C(C(=O)OC)(C2)C13. The zero-order chi connectivity index (χ0) is 21.8. The number of aromatic nitrogens is 1. The van der Waals surface area contributed by atoms with Gasteiger partial charge in [-0.1, -0.05) is 0 Å². The van der Waals surface area contributed by atoms with Crippen LogP contribution < -0.4 is 9.47 Å². The quantitative estimate of drug-likeness (QED) is 0.714. The molecule has 7 heteroatoms. The zero-order valence-electron chi connectivity index (χ0n) is 18.8. The number of nitrogens with one attached hydrogen (secondary N) is 1. The minimum absolute atomic E-state index is 0.122. The smallest absolute Gasteiger partial charge is 0.319 e. The second kappa shape index (κ2) is 7.71. The maximum Gasteiger partial charge on any atom is 0.319 e. The second-order valence-corrected chi connectivity index (χ2v) is 9.23. The summed E-state index contributed by atoms with van der Waals surface area (Å²) < 4.78 is 22.0. The van der Waals surface area contributed by atoms with Crippen molar-refractivity contribution in [2.45, 2.75) is 37.1 Å². The summed E-state index contributed by atoms with van der Waals surface area (Å²) in [5.41, 5.74) is 2.54. The number of methoxy groups -OCH3 is 4. The molecule has 168 valence electrons. The Bertz CT molecular complexity index is 1000.